The number of amides is 1. The Morgan fingerprint density at radius 3 is 2.10 bits per heavy atom. The van der Waals surface area contributed by atoms with Crippen LogP contribution in [0.3, 0.4) is 0 Å². The van der Waals surface area contributed by atoms with Crippen LogP contribution >= 0.6 is 0 Å². The van der Waals surface area contributed by atoms with E-state index in [1.165, 1.54) is 24.3 Å². The average molecular weight is 438 g/mol. The highest BCUT2D eigenvalue weighted by Gasteiger charge is 2.42. The Hall–Kier alpha value is -2.65. The topological polar surface area (TPSA) is 50.8 Å². The molecule has 1 spiro atoms. The third-order valence-electron chi connectivity index (χ3n) is 5.85. The summed E-state index contributed by atoms with van der Waals surface area (Å²) in [5, 5.41) is 2.67. The predicted octanol–water partition coefficient (Wildman–Crippen LogP) is 3.92. The van der Waals surface area contributed by atoms with Crippen molar-refractivity contribution in [3.05, 3.63) is 70.8 Å². The maximum absolute atomic E-state index is 14.4. The van der Waals surface area contributed by atoms with E-state index >= 15 is 0 Å². The van der Waals surface area contributed by atoms with Gasteiger partial charge >= 0.3 is 6.09 Å². The van der Waals surface area contributed by atoms with Gasteiger partial charge in [-0.15, -0.1) is 0 Å². The van der Waals surface area contributed by atoms with Crippen molar-refractivity contribution in [2.45, 2.75) is 24.5 Å². The number of nitrogens with one attached hydrogen (secondary N) is 1. The number of ether oxygens (including phenoxy) is 2. The zero-order chi connectivity index (χ0) is 22.0. The minimum absolute atomic E-state index is 0.0849. The van der Waals surface area contributed by atoms with Gasteiger partial charge in [0.1, 0.15) is 11.7 Å². The SMILES string of the molecule is O=C1NCC2(CCN(CCOC(c3cccc(F)c3F)c3cccc(F)c3F)CC2)O1. The number of halogens is 4. The van der Waals surface area contributed by atoms with Crippen LogP contribution < -0.4 is 5.32 Å². The molecule has 0 radical (unpaired) electrons. The minimum Gasteiger partial charge on any atom is -0.441 e. The van der Waals surface area contributed by atoms with Crippen LogP contribution in [0.5, 0.6) is 0 Å². The molecule has 5 nitrogen and oxygen atoms in total. The van der Waals surface area contributed by atoms with Crippen LogP contribution in [0.25, 0.3) is 0 Å². The summed E-state index contributed by atoms with van der Waals surface area (Å²) in [6.45, 7) is 2.33. The molecule has 2 aliphatic heterocycles. The third-order valence-corrected chi connectivity index (χ3v) is 5.85. The van der Waals surface area contributed by atoms with Crippen LogP contribution in [0.2, 0.25) is 0 Å². The number of benzene rings is 2. The number of nitrogens with zero attached hydrogens (tertiary/aromatic N) is 1. The van der Waals surface area contributed by atoms with Crippen molar-refractivity contribution in [3.63, 3.8) is 0 Å². The van der Waals surface area contributed by atoms with Crippen molar-refractivity contribution in [2.24, 2.45) is 0 Å². The highest BCUT2D eigenvalue weighted by atomic mass is 19.2. The van der Waals surface area contributed by atoms with Gasteiger partial charge in [0.25, 0.3) is 0 Å². The molecule has 0 aromatic heterocycles. The first-order valence-electron chi connectivity index (χ1n) is 10.1. The summed E-state index contributed by atoms with van der Waals surface area (Å²) in [7, 11) is 0. The summed E-state index contributed by atoms with van der Waals surface area (Å²) in [4.78, 5) is 13.4. The number of carbonyl (C=O) groups excluding carboxylic acids is 1. The van der Waals surface area contributed by atoms with Gasteiger partial charge in [-0.1, -0.05) is 24.3 Å². The monoisotopic (exact) mass is 438 g/mol. The van der Waals surface area contributed by atoms with Crippen molar-refractivity contribution in [3.8, 4) is 0 Å². The van der Waals surface area contributed by atoms with E-state index in [0.29, 0.717) is 39.0 Å². The maximum Gasteiger partial charge on any atom is 0.407 e. The number of hydrogen-bond donors (Lipinski definition) is 1. The van der Waals surface area contributed by atoms with Crippen LogP contribution in [0.15, 0.2) is 36.4 Å². The van der Waals surface area contributed by atoms with Crippen LogP contribution in [0, 0.1) is 23.3 Å². The molecule has 1 amide bonds. The normalized spacial score (nSPS) is 18.4. The van der Waals surface area contributed by atoms with Gasteiger partial charge in [-0.05, 0) is 12.1 Å². The molecule has 166 valence electrons. The lowest BCUT2D eigenvalue weighted by molar-refractivity contribution is -0.0111. The van der Waals surface area contributed by atoms with E-state index in [-0.39, 0.29) is 17.7 Å². The van der Waals surface area contributed by atoms with E-state index in [1.807, 2.05) is 0 Å². The molecule has 4 rings (SSSR count). The lowest BCUT2D eigenvalue weighted by Crippen LogP contribution is -2.47. The molecule has 31 heavy (non-hydrogen) atoms. The van der Waals surface area contributed by atoms with E-state index in [2.05, 4.69) is 10.2 Å². The van der Waals surface area contributed by atoms with Crippen LogP contribution in [-0.4, -0.2) is 49.4 Å². The molecular weight excluding hydrogens is 416 g/mol. The Morgan fingerprint density at radius 2 is 1.58 bits per heavy atom. The molecule has 0 bridgehead atoms. The maximum atomic E-state index is 14.4. The van der Waals surface area contributed by atoms with E-state index in [4.69, 9.17) is 9.47 Å². The molecule has 2 aromatic carbocycles. The quantitative estimate of drug-likeness (QED) is 0.695. The molecule has 0 atom stereocenters. The minimum atomic E-state index is -1.30. The zero-order valence-corrected chi connectivity index (χ0v) is 16.7. The third kappa shape index (κ3) is 4.52. The van der Waals surface area contributed by atoms with E-state index in [1.54, 1.807) is 0 Å². The van der Waals surface area contributed by atoms with E-state index < -0.39 is 41.1 Å². The van der Waals surface area contributed by atoms with Crippen molar-refractivity contribution in [2.75, 3.05) is 32.8 Å². The molecule has 2 fully saturated rings. The standard InChI is InChI=1S/C22H22F4N2O3/c23-16-5-1-3-14(18(16)25)20(15-4-2-6-17(24)19(15)26)30-12-11-28-9-7-22(8-10-28)13-27-21(29)31-22/h1-6,20H,7-13H2,(H,27,29). The first-order valence-corrected chi connectivity index (χ1v) is 10.1. The molecular formula is C22H22F4N2O3. The van der Waals surface area contributed by atoms with E-state index in [9.17, 15) is 22.4 Å². The summed E-state index contributed by atoms with van der Waals surface area (Å²) < 4.78 is 67.5. The fourth-order valence-corrected chi connectivity index (χ4v) is 4.06. The molecule has 0 unspecified atom stereocenters. The van der Waals surface area contributed by atoms with Crippen LogP contribution in [-0.2, 0) is 9.47 Å². The lowest BCUT2D eigenvalue weighted by atomic mass is 9.92. The highest BCUT2D eigenvalue weighted by molar-refractivity contribution is 5.70. The van der Waals surface area contributed by atoms with Gasteiger partial charge in [0.05, 0.1) is 13.2 Å². The lowest BCUT2D eigenvalue weighted by Gasteiger charge is -2.37. The number of hydrogen-bond acceptors (Lipinski definition) is 4. The summed E-state index contributed by atoms with van der Waals surface area (Å²) in [5.74, 6) is -4.51. The molecule has 2 aromatic rings. The fourth-order valence-electron chi connectivity index (χ4n) is 4.06. The Morgan fingerprint density at radius 1 is 1.00 bits per heavy atom. The molecule has 2 heterocycles. The average Bonchev–Trinajstić information content (AvgIpc) is 3.12. The molecule has 2 saturated heterocycles. The highest BCUT2D eigenvalue weighted by Crippen LogP contribution is 2.32. The molecule has 2 aliphatic rings. The second kappa shape index (κ2) is 8.84. The molecule has 1 N–H and O–H groups in total. The number of likely N-dealkylation sites (tertiary alicyclic amines) is 1. The van der Waals surface area contributed by atoms with Crippen molar-refractivity contribution in [1.29, 1.82) is 0 Å². The summed E-state index contributed by atoms with van der Waals surface area (Å²) >= 11 is 0. The predicted molar refractivity (Wildman–Crippen MR) is 103 cm³/mol. The molecule has 9 heteroatoms. The van der Waals surface area contributed by atoms with Crippen molar-refractivity contribution < 1.29 is 31.8 Å². The zero-order valence-electron chi connectivity index (χ0n) is 16.7. The van der Waals surface area contributed by atoms with Gasteiger partial charge in [0.2, 0.25) is 0 Å². The summed E-state index contributed by atoms with van der Waals surface area (Å²) in [5.41, 5.74) is -0.885. The largest absolute Gasteiger partial charge is 0.441 e. The number of piperidine rings is 1. The van der Waals surface area contributed by atoms with Gasteiger partial charge in [0, 0.05) is 43.6 Å². The van der Waals surface area contributed by atoms with Gasteiger partial charge in [-0.2, -0.15) is 0 Å². The summed E-state index contributed by atoms with van der Waals surface area (Å²) in [6, 6.07) is 7.07. The van der Waals surface area contributed by atoms with Gasteiger partial charge in [-0.25, -0.2) is 22.4 Å². The second-order valence-electron chi connectivity index (χ2n) is 7.80. The second-order valence-corrected chi connectivity index (χ2v) is 7.80. The van der Waals surface area contributed by atoms with E-state index in [0.717, 1.165) is 12.1 Å². The van der Waals surface area contributed by atoms with Crippen molar-refractivity contribution in [1.82, 2.24) is 10.2 Å². The first kappa shape index (κ1) is 21.6. The Bertz CT molecular complexity index is 912. The summed E-state index contributed by atoms with van der Waals surface area (Å²) in [6.07, 6.45) is -0.394. The number of rotatable bonds is 6. The van der Waals surface area contributed by atoms with Gasteiger partial charge in [-0.3, -0.25) is 0 Å². The van der Waals surface area contributed by atoms with Gasteiger partial charge < -0.3 is 19.7 Å². The Balaban J connectivity index is 1.44. The molecule has 0 saturated carbocycles. The number of alkyl carbamates (subject to hydrolysis) is 1. The number of carbonyl (C=O) groups is 1. The first-order chi connectivity index (χ1) is 14.9. The van der Waals surface area contributed by atoms with Crippen molar-refractivity contribution >= 4 is 6.09 Å². The van der Waals surface area contributed by atoms with Crippen LogP contribution in [0.4, 0.5) is 22.4 Å². The smallest absolute Gasteiger partial charge is 0.407 e. The van der Waals surface area contributed by atoms with Gasteiger partial charge in [0.15, 0.2) is 23.3 Å². The fraction of sp³-hybridized carbons (Fsp3) is 0.409. The molecule has 0 aliphatic carbocycles. The Kier molecular flexibility index (Phi) is 6.15. The van der Waals surface area contributed by atoms with Crippen LogP contribution in [0.1, 0.15) is 30.1 Å². The Labute approximate surface area is 176 Å².